The van der Waals surface area contributed by atoms with Gasteiger partial charge < -0.3 is 5.73 Å². The summed E-state index contributed by atoms with van der Waals surface area (Å²) in [5.74, 6) is 1.14. The molecule has 1 aromatic heterocycles. The first-order valence-electron chi connectivity index (χ1n) is 4.38. The van der Waals surface area contributed by atoms with E-state index in [0.29, 0.717) is 0 Å². The van der Waals surface area contributed by atoms with E-state index in [1.165, 1.54) is 5.01 Å². The summed E-state index contributed by atoms with van der Waals surface area (Å²) in [5, 5.41) is 3.25. The van der Waals surface area contributed by atoms with Crippen molar-refractivity contribution in [1.82, 2.24) is 4.98 Å². The van der Waals surface area contributed by atoms with E-state index in [-0.39, 0.29) is 6.04 Å². The molecule has 0 aliphatic heterocycles. The van der Waals surface area contributed by atoms with Crippen molar-refractivity contribution >= 4 is 23.1 Å². The van der Waals surface area contributed by atoms with Crippen LogP contribution in [0.3, 0.4) is 0 Å². The van der Waals surface area contributed by atoms with Crippen LogP contribution in [-0.4, -0.2) is 23.0 Å². The molecule has 1 atom stereocenters. The summed E-state index contributed by atoms with van der Waals surface area (Å²) < 4.78 is 0. The first-order chi connectivity index (χ1) is 6.22. The van der Waals surface area contributed by atoms with Gasteiger partial charge in [-0.3, -0.25) is 0 Å². The van der Waals surface area contributed by atoms with Crippen LogP contribution in [0.4, 0.5) is 0 Å². The molecule has 0 amide bonds. The molecule has 13 heavy (non-hydrogen) atoms. The van der Waals surface area contributed by atoms with Gasteiger partial charge in [0.05, 0.1) is 5.01 Å². The Morgan fingerprint density at radius 1 is 1.69 bits per heavy atom. The maximum absolute atomic E-state index is 5.95. The normalized spacial score (nSPS) is 13.2. The van der Waals surface area contributed by atoms with Crippen molar-refractivity contribution in [1.29, 1.82) is 0 Å². The summed E-state index contributed by atoms with van der Waals surface area (Å²) in [6.07, 6.45) is 4.12. The lowest BCUT2D eigenvalue weighted by atomic mass is 10.2. The molecule has 0 aliphatic carbocycles. The Morgan fingerprint density at radius 3 is 3.00 bits per heavy atom. The lowest BCUT2D eigenvalue weighted by Crippen LogP contribution is -2.23. The van der Waals surface area contributed by atoms with Gasteiger partial charge in [0.1, 0.15) is 0 Å². The van der Waals surface area contributed by atoms with Crippen molar-refractivity contribution in [3.05, 3.63) is 16.1 Å². The van der Waals surface area contributed by atoms with Gasteiger partial charge in [0, 0.05) is 23.5 Å². The molecule has 2 N–H and O–H groups in total. The van der Waals surface area contributed by atoms with Crippen molar-refractivity contribution in [2.45, 2.75) is 25.8 Å². The molecule has 1 aromatic rings. The van der Waals surface area contributed by atoms with E-state index in [2.05, 4.69) is 16.6 Å². The molecule has 0 spiro atoms. The fraction of sp³-hybridized carbons (Fsp3) is 0.667. The summed E-state index contributed by atoms with van der Waals surface area (Å²) in [6.45, 7) is 2.02. The van der Waals surface area contributed by atoms with Crippen LogP contribution in [0, 0.1) is 6.92 Å². The van der Waals surface area contributed by atoms with Crippen molar-refractivity contribution in [2.75, 3.05) is 12.0 Å². The monoisotopic (exact) mass is 216 g/mol. The van der Waals surface area contributed by atoms with E-state index in [0.717, 1.165) is 24.3 Å². The maximum Gasteiger partial charge on any atom is 0.0943 e. The van der Waals surface area contributed by atoms with Crippen LogP contribution in [0.25, 0.3) is 0 Å². The Labute approximate surface area is 87.9 Å². The molecular formula is C9H16N2S2. The highest BCUT2D eigenvalue weighted by Crippen LogP contribution is 2.12. The van der Waals surface area contributed by atoms with Crippen LogP contribution < -0.4 is 5.73 Å². The number of aromatic nitrogens is 1. The fourth-order valence-corrected chi connectivity index (χ4v) is 2.50. The van der Waals surface area contributed by atoms with Crippen LogP contribution in [0.5, 0.6) is 0 Å². The van der Waals surface area contributed by atoms with E-state index in [1.807, 2.05) is 18.7 Å². The molecule has 0 radical (unpaired) electrons. The van der Waals surface area contributed by atoms with Gasteiger partial charge in [0.2, 0.25) is 0 Å². The number of thioether (sulfide) groups is 1. The van der Waals surface area contributed by atoms with Gasteiger partial charge in [-0.1, -0.05) is 0 Å². The third kappa shape index (κ3) is 4.11. The number of thiazole rings is 1. The highest BCUT2D eigenvalue weighted by Gasteiger charge is 2.06. The number of rotatable bonds is 5. The second-order valence-corrected chi connectivity index (χ2v) is 5.06. The third-order valence-electron chi connectivity index (χ3n) is 1.80. The van der Waals surface area contributed by atoms with Gasteiger partial charge in [-0.2, -0.15) is 11.8 Å². The quantitative estimate of drug-likeness (QED) is 0.819. The highest BCUT2D eigenvalue weighted by molar-refractivity contribution is 7.98. The molecule has 0 saturated carbocycles. The summed E-state index contributed by atoms with van der Waals surface area (Å²) in [6, 6.07) is 0.276. The van der Waals surface area contributed by atoms with Crippen LogP contribution in [0.15, 0.2) is 5.38 Å². The molecule has 0 saturated heterocycles. The summed E-state index contributed by atoms with van der Waals surface area (Å²) in [4.78, 5) is 4.39. The second kappa shape index (κ2) is 5.62. The lowest BCUT2D eigenvalue weighted by molar-refractivity contribution is 0.649. The van der Waals surface area contributed by atoms with E-state index >= 15 is 0 Å². The molecular weight excluding hydrogens is 200 g/mol. The molecule has 74 valence electrons. The largest absolute Gasteiger partial charge is 0.327 e. The van der Waals surface area contributed by atoms with Crippen molar-refractivity contribution in [2.24, 2.45) is 5.73 Å². The van der Waals surface area contributed by atoms with E-state index < -0.39 is 0 Å². The molecule has 0 aromatic carbocycles. The van der Waals surface area contributed by atoms with Gasteiger partial charge in [0.25, 0.3) is 0 Å². The molecule has 4 heteroatoms. The standard InChI is InChI=1S/C9H16N2S2/c1-7-6-13-9(11-7)5-8(10)3-4-12-2/h6,8H,3-5,10H2,1-2H3. The van der Waals surface area contributed by atoms with Gasteiger partial charge in [-0.25, -0.2) is 4.98 Å². The Kier molecular flexibility index (Phi) is 4.77. The fourth-order valence-electron chi connectivity index (χ4n) is 1.09. The average molecular weight is 216 g/mol. The Balaban J connectivity index is 2.31. The van der Waals surface area contributed by atoms with Crippen molar-refractivity contribution < 1.29 is 0 Å². The molecule has 1 heterocycles. The zero-order valence-corrected chi connectivity index (χ0v) is 9.75. The minimum Gasteiger partial charge on any atom is -0.327 e. The zero-order valence-electron chi connectivity index (χ0n) is 8.12. The Morgan fingerprint density at radius 2 is 2.46 bits per heavy atom. The Hall–Kier alpha value is -0.0600. The average Bonchev–Trinajstić information content (AvgIpc) is 2.48. The molecule has 1 rings (SSSR count). The minimum atomic E-state index is 0.276. The maximum atomic E-state index is 5.95. The predicted molar refractivity (Wildman–Crippen MR) is 61.5 cm³/mol. The number of nitrogens with zero attached hydrogens (tertiary/aromatic N) is 1. The van der Waals surface area contributed by atoms with Crippen molar-refractivity contribution in [3.63, 3.8) is 0 Å². The number of hydrogen-bond donors (Lipinski definition) is 1. The SMILES string of the molecule is CSCCC(N)Cc1nc(C)cs1. The molecule has 0 fully saturated rings. The van der Waals surface area contributed by atoms with Gasteiger partial charge >= 0.3 is 0 Å². The highest BCUT2D eigenvalue weighted by atomic mass is 32.2. The summed E-state index contributed by atoms with van der Waals surface area (Å²) in [5.41, 5.74) is 7.06. The minimum absolute atomic E-state index is 0.276. The summed E-state index contributed by atoms with van der Waals surface area (Å²) >= 11 is 3.56. The lowest BCUT2D eigenvalue weighted by Gasteiger charge is -2.07. The third-order valence-corrected chi connectivity index (χ3v) is 3.43. The zero-order chi connectivity index (χ0) is 9.68. The number of hydrogen-bond acceptors (Lipinski definition) is 4. The number of nitrogens with two attached hydrogens (primary N) is 1. The Bertz CT molecular complexity index is 248. The van der Waals surface area contributed by atoms with Gasteiger partial charge in [-0.15, -0.1) is 11.3 Å². The first-order valence-corrected chi connectivity index (χ1v) is 6.65. The predicted octanol–water partition coefficient (Wildman–Crippen LogP) is 2.07. The number of aryl methyl sites for hydroxylation is 1. The second-order valence-electron chi connectivity index (χ2n) is 3.13. The van der Waals surface area contributed by atoms with Crippen molar-refractivity contribution in [3.8, 4) is 0 Å². The topological polar surface area (TPSA) is 38.9 Å². The van der Waals surface area contributed by atoms with Crippen LogP contribution in [0.1, 0.15) is 17.1 Å². The van der Waals surface area contributed by atoms with E-state index in [9.17, 15) is 0 Å². The van der Waals surface area contributed by atoms with Gasteiger partial charge in [-0.05, 0) is 25.4 Å². The molecule has 2 nitrogen and oxygen atoms in total. The molecule has 0 bridgehead atoms. The smallest absolute Gasteiger partial charge is 0.0943 e. The van der Waals surface area contributed by atoms with Gasteiger partial charge in [0.15, 0.2) is 0 Å². The first kappa shape index (κ1) is 11.0. The molecule has 1 unspecified atom stereocenters. The van der Waals surface area contributed by atoms with E-state index in [1.54, 1.807) is 11.3 Å². The summed E-state index contributed by atoms with van der Waals surface area (Å²) in [7, 11) is 0. The van der Waals surface area contributed by atoms with Crippen LogP contribution in [-0.2, 0) is 6.42 Å². The van der Waals surface area contributed by atoms with Crippen LogP contribution >= 0.6 is 23.1 Å². The van der Waals surface area contributed by atoms with Crippen LogP contribution in [0.2, 0.25) is 0 Å². The molecule has 0 aliphatic rings. The van der Waals surface area contributed by atoms with E-state index in [4.69, 9.17) is 5.73 Å².